The van der Waals surface area contributed by atoms with Crippen LogP contribution in [0.4, 0.5) is 5.69 Å². The maximum Gasteiger partial charge on any atom is 0.263 e. The van der Waals surface area contributed by atoms with Crippen LogP contribution in [-0.2, 0) is 4.79 Å². The minimum absolute atomic E-state index is 0.00645. The van der Waals surface area contributed by atoms with Crippen molar-refractivity contribution in [2.75, 3.05) is 18.4 Å². The monoisotopic (exact) mass is 372 g/mol. The zero-order valence-electron chi connectivity index (χ0n) is 15.1. The minimum Gasteiger partial charge on any atom is -0.489 e. The summed E-state index contributed by atoms with van der Waals surface area (Å²) >= 11 is 1.46. The maximum atomic E-state index is 12.6. The number of hydrogen-bond acceptors (Lipinski definition) is 4. The number of nitrogens with one attached hydrogen (secondary N) is 1. The Balaban J connectivity index is 1.57. The number of nitrogens with zero attached hydrogens (tertiary/aromatic N) is 1. The number of thiophene rings is 1. The fourth-order valence-electron chi connectivity index (χ4n) is 3.06. The normalized spacial score (nSPS) is 15.1. The van der Waals surface area contributed by atoms with E-state index in [2.05, 4.69) is 5.32 Å². The zero-order chi connectivity index (χ0) is 18.5. The summed E-state index contributed by atoms with van der Waals surface area (Å²) in [7, 11) is 0. The van der Waals surface area contributed by atoms with Crippen molar-refractivity contribution in [1.29, 1.82) is 0 Å². The summed E-state index contributed by atoms with van der Waals surface area (Å²) in [5.41, 5.74) is 0.697. The lowest BCUT2D eigenvalue weighted by atomic mass is 9.95. The van der Waals surface area contributed by atoms with Gasteiger partial charge in [0, 0.05) is 19.0 Å². The highest BCUT2D eigenvalue weighted by Gasteiger charge is 2.28. The highest BCUT2D eigenvalue weighted by Crippen LogP contribution is 2.27. The molecule has 0 radical (unpaired) electrons. The molecule has 1 aromatic carbocycles. The molecule has 1 N–H and O–H groups in total. The molecule has 2 aromatic rings. The summed E-state index contributed by atoms with van der Waals surface area (Å²) < 4.78 is 5.76. The van der Waals surface area contributed by atoms with Crippen molar-refractivity contribution in [2.24, 2.45) is 5.92 Å². The molecule has 0 spiro atoms. The van der Waals surface area contributed by atoms with Crippen LogP contribution in [-0.4, -0.2) is 35.9 Å². The highest BCUT2D eigenvalue weighted by atomic mass is 32.1. The van der Waals surface area contributed by atoms with Crippen LogP contribution in [0.15, 0.2) is 41.8 Å². The molecule has 0 aliphatic carbocycles. The van der Waals surface area contributed by atoms with Crippen LogP contribution in [0, 0.1) is 5.92 Å². The number of carbonyl (C=O) groups is 2. The first kappa shape index (κ1) is 18.5. The summed E-state index contributed by atoms with van der Waals surface area (Å²) in [4.78, 5) is 27.6. The number of hydrogen-bond donors (Lipinski definition) is 1. The molecular formula is C20H24N2O3S. The third-order valence-corrected chi connectivity index (χ3v) is 5.25. The second-order valence-corrected chi connectivity index (χ2v) is 7.64. The van der Waals surface area contributed by atoms with Crippen molar-refractivity contribution in [3.05, 3.63) is 46.7 Å². The fraction of sp³-hybridized carbons (Fsp3) is 0.400. The fourth-order valence-corrected chi connectivity index (χ4v) is 3.75. The lowest BCUT2D eigenvalue weighted by molar-refractivity contribution is -0.121. The highest BCUT2D eigenvalue weighted by molar-refractivity contribution is 7.12. The van der Waals surface area contributed by atoms with Gasteiger partial charge in [0.2, 0.25) is 5.91 Å². The van der Waals surface area contributed by atoms with Crippen molar-refractivity contribution >= 4 is 28.8 Å². The smallest absolute Gasteiger partial charge is 0.263 e. The molecule has 5 nitrogen and oxygen atoms in total. The average Bonchev–Trinajstić information content (AvgIpc) is 3.17. The Morgan fingerprint density at radius 1 is 1.15 bits per heavy atom. The Morgan fingerprint density at radius 3 is 2.54 bits per heavy atom. The molecule has 1 aliphatic rings. The van der Waals surface area contributed by atoms with E-state index in [4.69, 9.17) is 4.74 Å². The molecule has 0 atom stereocenters. The summed E-state index contributed by atoms with van der Waals surface area (Å²) in [6, 6.07) is 11.2. The molecule has 0 saturated carbocycles. The van der Waals surface area contributed by atoms with Gasteiger partial charge in [-0.15, -0.1) is 11.3 Å². The van der Waals surface area contributed by atoms with Gasteiger partial charge in [0.05, 0.1) is 16.7 Å². The molecule has 1 aromatic heterocycles. The SMILES string of the molecule is CC(C)Oc1ccccc1NC(=O)C1CCN(C(=O)c2cccs2)CC1. The molecule has 0 unspecified atom stereocenters. The first-order chi connectivity index (χ1) is 12.5. The number of anilines is 1. The van der Waals surface area contributed by atoms with Crippen molar-refractivity contribution in [3.8, 4) is 5.75 Å². The molecule has 2 heterocycles. The molecule has 1 saturated heterocycles. The van der Waals surface area contributed by atoms with E-state index in [9.17, 15) is 9.59 Å². The number of rotatable bonds is 5. The Hall–Kier alpha value is -2.34. The number of likely N-dealkylation sites (tertiary alicyclic amines) is 1. The van der Waals surface area contributed by atoms with Gasteiger partial charge in [0.15, 0.2) is 0 Å². The maximum absolute atomic E-state index is 12.6. The Bertz CT molecular complexity index is 750. The van der Waals surface area contributed by atoms with Crippen LogP contribution in [0.25, 0.3) is 0 Å². The van der Waals surface area contributed by atoms with Gasteiger partial charge in [-0.1, -0.05) is 18.2 Å². The summed E-state index contributed by atoms with van der Waals surface area (Å²) in [5, 5.41) is 4.90. The van der Waals surface area contributed by atoms with Gasteiger partial charge >= 0.3 is 0 Å². The second-order valence-electron chi connectivity index (χ2n) is 6.70. The summed E-state index contributed by atoms with van der Waals surface area (Å²) in [5.74, 6) is 0.651. The van der Waals surface area contributed by atoms with E-state index in [1.165, 1.54) is 11.3 Å². The lowest BCUT2D eigenvalue weighted by Crippen LogP contribution is -2.41. The van der Waals surface area contributed by atoms with E-state index < -0.39 is 0 Å². The Morgan fingerprint density at radius 2 is 1.88 bits per heavy atom. The number of para-hydroxylation sites is 2. The standard InChI is InChI=1S/C20H24N2O3S/c1-14(2)25-17-7-4-3-6-16(17)21-19(23)15-9-11-22(12-10-15)20(24)18-8-5-13-26-18/h3-8,13-15H,9-12H2,1-2H3,(H,21,23). The van der Waals surface area contributed by atoms with E-state index >= 15 is 0 Å². The predicted molar refractivity (Wildman–Crippen MR) is 104 cm³/mol. The molecule has 0 bridgehead atoms. The third-order valence-electron chi connectivity index (χ3n) is 4.39. The first-order valence-corrected chi connectivity index (χ1v) is 9.82. The van der Waals surface area contributed by atoms with E-state index in [1.807, 2.05) is 60.5 Å². The molecule has 138 valence electrons. The predicted octanol–water partition coefficient (Wildman–Crippen LogP) is 4.03. The van der Waals surface area contributed by atoms with E-state index in [0.717, 1.165) is 4.88 Å². The minimum atomic E-state index is -0.0884. The summed E-state index contributed by atoms with van der Waals surface area (Å²) in [6.45, 7) is 5.13. The number of piperidine rings is 1. The number of carbonyl (C=O) groups excluding carboxylic acids is 2. The third kappa shape index (κ3) is 4.43. The second kappa shape index (κ2) is 8.36. The van der Waals surface area contributed by atoms with Gasteiger partial charge in [-0.2, -0.15) is 0 Å². The van der Waals surface area contributed by atoms with Crippen molar-refractivity contribution in [2.45, 2.75) is 32.8 Å². The molecule has 1 fully saturated rings. The van der Waals surface area contributed by atoms with Crippen molar-refractivity contribution in [1.82, 2.24) is 4.90 Å². The van der Waals surface area contributed by atoms with Gasteiger partial charge in [-0.05, 0) is 50.3 Å². The topological polar surface area (TPSA) is 58.6 Å². The zero-order valence-corrected chi connectivity index (χ0v) is 15.9. The molecule has 6 heteroatoms. The molecule has 3 rings (SSSR count). The molecular weight excluding hydrogens is 348 g/mol. The van der Waals surface area contributed by atoms with Crippen LogP contribution in [0.1, 0.15) is 36.4 Å². The summed E-state index contributed by atoms with van der Waals surface area (Å²) in [6.07, 6.45) is 1.39. The largest absolute Gasteiger partial charge is 0.489 e. The Labute approximate surface area is 158 Å². The van der Waals surface area contributed by atoms with Crippen molar-refractivity contribution in [3.63, 3.8) is 0 Å². The molecule has 2 amide bonds. The number of ether oxygens (including phenoxy) is 1. The van der Waals surface area contributed by atoms with E-state index in [1.54, 1.807) is 0 Å². The van der Waals surface area contributed by atoms with E-state index in [0.29, 0.717) is 37.4 Å². The lowest BCUT2D eigenvalue weighted by Gasteiger charge is -2.31. The van der Waals surface area contributed by atoms with Crippen LogP contribution in [0.2, 0.25) is 0 Å². The van der Waals surface area contributed by atoms with Crippen LogP contribution >= 0.6 is 11.3 Å². The first-order valence-electron chi connectivity index (χ1n) is 8.94. The van der Waals surface area contributed by atoms with E-state index in [-0.39, 0.29) is 23.8 Å². The van der Waals surface area contributed by atoms with Gasteiger partial charge in [-0.3, -0.25) is 9.59 Å². The van der Waals surface area contributed by atoms with Crippen molar-refractivity contribution < 1.29 is 14.3 Å². The van der Waals surface area contributed by atoms with Gasteiger partial charge in [0.25, 0.3) is 5.91 Å². The average molecular weight is 372 g/mol. The Kier molecular flexibility index (Phi) is 5.93. The molecule has 1 aliphatic heterocycles. The van der Waals surface area contributed by atoms with Gasteiger partial charge < -0.3 is 15.0 Å². The van der Waals surface area contributed by atoms with Crippen LogP contribution in [0.3, 0.4) is 0 Å². The van der Waals surface area contributed by atoms with Crippen LogP contribution in [0.5, 0.6) is 5.75 Å². The number of benzene rings is 1. The number of amides is 2. The van der Waals surface area contributed by atoms with Gasteiger partial charge in [-0.25, -0.2) is 0 Å². The van der Waals surface area contributed by atoms with Crippen LogP contribution < -0.4 is 10.1 Å². The quantitative estimate of drug-likeness (QED) is 0.862. The van der Waals surface area contributed by atoms with Gasteiger partial charge in [0.1, 0.15) is 5.75 Å². The molecule has 26 heavy (non-hydrogen) atoms.